The Labute approximate surface area is 103 Å². The van der Waals surface area contributed by atoms with E-state index < -0.39 is 5.97 Å². The zero-order chi connectivity index (χ0) is 12.0. The van der Waals surface area contributed by atoms with Crippen LogP contribution in [0.5, 0.6) is 0 Å². The SMILES string of the molecule is CCOCCOC(=O)c1nc(Cl)ccc1Cl. The first kappa shape index (κ1) is 13.2. The number of hydrogen-bond acceptors (Lipinski definition) is 4. The maximum absolute atomic E-state index is 11.5. The van der Waals surface area contributed by atoms with Crippen molar-refractivity contribution in [2.75, 3.05) is 19.8 Å². The quantitative estimate of drug-likeness (QED) is 0.466. The molecule has 0 saturated carbocycles. The van der Waals surface area contributed by atoms with Crippen LogP contribution in [0.3, 0.4) is 0 Å². The molecule has 4 nitrogen and oxygen atoms in total. The van der Waals surface area contributed by atoms with E-state index in [0.717, 1.165) is 0 Å². The molecule has 0 aliphatic heterocycles. The first-order valence-electron chi connectivity index (χ1n) is 4.72. The molecular weight excluding hydrogens is 253 g/mol. The van der Waals surface area contributed by atoms with Gasteiger partial charge in [0, 0.05) is 6.61 Å². The first-order chi connectivity index (χ1) is 7.65. The molecule has 0 aromatic carbocycles. The van der Waals surface area contributed by atoms with Crippen LogP contribution in [0, 0.1) is 0 Å². The van der Waals surface area contributed by atoms with E-state index in [1.807, 2.05) is 6.92 Å². The predicted molar refractivity (Wildman–Crippen MR) is 61.0 cm³/mol. The summed E-state index contributed by atoms with van der Waals surface area (Å²) in [5.74, 6) is -0.604. The number of nitrogens with zero attached hydrogens (tertiary/aromatic N) is 1. The smallest absolute Gasteiger partial charge is 0.358 e. The summed E-state index contributed by atoms with van der Waals surface area (Å²) in [5.41, 5.74) is 0.0191. The van der Waals surface area contributed by atoms with Crippen molar-refractivity contribution in [3.63, 3.8) is 0 Å². The van der Waals surface area contributed by atoms with Gasteiger partial charge in [-0.3, -0.25) is 0 Å². The lowest BCUT2D eigenvalue weighted by Gasteiger charge is -2.05. The molecule has 0 unspecified atom stereocenters. The molecule has 1 aromatic rings. The van der Waals surface area contributed by atoms with Gasteiger partial charge >= 0.3 is 5.97 Å². The number of esters is 1. The number of carbonyl (C=O) groups excluding carboxylic acids is 1. The Balaban J connectivity index is 2.55. The fourth-order valence-electron chi connectivity index (χ4n) is 0.967. The summed E-state index contributed by atoms with van der Waals surface area (Å²) in [4.78, 5) is 15.3. The van der Waals surface area contributed by atoms with Gasteiger partial charge in [-0.05, 0) is 19.1 Å². The highest BCUT2D eigenvalue weighted by Gasteiger charge is 2.14. The highest BCUT2D eigenvalue weighted by Crippen LogP contribution is 2.17. The molecule has 0 bridgehead atoms. The van der Waals surface area contributed by atoms with Crippen LogP contribution in [-0.4, -0.2) is 30.8 Å². The van der Waals surface area contributed by atoms with Crippen LogP contribution in [0.15, 0.2) is 12.1 Å². The first-order valence-corrected chi connectivity index (χ1v) is 5.47. The summed E-state index contributed by atoms with van der Waals surface area (Å²) in [6, 6.07) is 3.00. The van der Waals surface area contributed by atoms with Crippen LogP contribution in [0.1, 0.15) is 17.4 Å². The minimum Gasteiger partial charge on any atom is -0.458 e. The lowest BCUT2D eigenvalue weighted by atomic mass is 10.3. The molecule has 16 heavy (non-hydrogen) atoms. The second-order valence-corrected chi connectivity index (χ2v) is 3.59. The number of carbonyl (C=O) groups is 1. The van der Waals surface area contributed by atoms with E-state index >= 15 is 0 Å². The van der Waals surface area contributed by atoms with Gasteiger partial charge in [-0.25, -0.2) is 9.78 Å². The monoisotopic (exact) mass is 263 g/mol. The van der Waals surface area contributed by atoms with Crippen LogP contribution >= 0.6 is 23.2 Å². The zero-order valence-electron chi connectivity index (χ0n) is 8.70. The van der Waals surface area contributed by atoms with Gasteiger partial charge in [0.2, 0.25) is 0 Å². The molecule has 1 heterocycles. The topological polar surface area (TPSA) is 48.4 Å². The van der Waals surface area contributed by atoms with Crippen molar-refractivity contribution >= 4 is 29.2 Å². The Bertz CT molecular complexity index is 371. The zero-order valence-corrected chi connectivity index (χ0v) is 10.2. The van der Waals surface area contributed by atoms with Gasteiger partial charge in [-0.2, -0.15) is 0 Å². The van der Waals surface area contributed by atoms with Gasteiger partial charge in [-0.1, -0.05) is 23.2 Å². The molecule has 6 heteroatoms. The Kier molecular flexibility index (Phi) is 5.52. The molecule has 0 atom stereocenters. The Hall–Kier alpha value is -0.840. The van der Waals surface area contributed by atoms with Crippen LogP contribution < -0.4 is 0 Å². The van der Waals surface area contributed by atoms with E-state index in [4.69, 9.17) is 32.7 Å². The lowest BCUT2D eigenvalue weighted by molar-refractivity contribution is 0.0329. The van der Waals surface area contributed by atoms with Gasteiger partial charge < -0.3 is 9.47 Å². The molecule has 0 saturated heterocycles. The van der Waals surface area contributed by atoms with E-state index in [2.05, 4.69) is 4.98 Å². The van der Waals surface area contributed by atoms with Crippen molar-refractivity contribution in [2.45, 2.75) is 6.92 Å². The van der Waals surface area contributed by atoms with E-state index in [1.54, 1.807) is 0 Å². The second-order valence-electron chi connectivity index (χ2n) is 2.80. The third-order valence-corrected chi connectivity index (χ3v) is 2.19. The highest BCUT2D eigenvalue weighted by atomic mass is 35.5. The largest absolute Gasteiger partial charge is 0.458 e. The van der Waals surface area contributed by atoms with Crippen molar-refractivity contribution in [3.8, 4) is 0 Å². The maximum Gasteiger partial charge on any atom is 0.358 e. The lowest BCUT2D eigenvalue weighted by Crippen LogP contribution is -2.12. The molecule has 0 aliphatic carbocycles. The van der Waals surface area contributed by atoms with Crippen LogP contribution in [-0.2, 0) is 9.47 Å². The Morgan fingerprint density at radius 3 is 2.81 bits per heavy atom. The molecule has 0 radical (unpaired) electrons. The van der Waals surface area contributed by atoms with Crippen LogP contribution in [0.2, 0.25) is 10.2 Å². The average Bonchev–Trinajstić information content (AvgIpc) is 2.27. The van der Waals surface area contributed by atoms with E-state index in [9.17, 15) is 4.79 Å². The third-order valence-electron chi connectivity index (χ3n) is 1.67. The fourth-order valence-corrected chi connectivity index (χ4v) is 1.30. The number of hydrogen-bond donors (Lipinski definition) is 0. The van der Waals surface area contributed by atoms with Gasteiger partial charge in [-0.15, -0.1) is 0 Å². The fraction of sp³-hybridized carbons (Fsp3) is 0.400. The Morgan fingerprint density at radius 2 is 2.12 bits per heavy atom. The third kappa shape index (κ3) is 3.96. The molecule has 0 aliphatic rings. The van der Waals surface area contributed by atoms with Crippen molar-refractivity contribution in [2.24, 2.45) is 0 Å². The number of rotatable bonds is 5. The molecule has 0 N–H and O–H groups in total. The van der Waals surface area contributed by atoms with Crippen molar-refractivity contribution < 1.29 is 14.3 Å². The molecule has 1 aromatic heterocycles. The molecule has 0 fully saturated rings. The Morgan fingerprint density at radius 1 is 1.38 bits per heavy atom. The van der Waals surface area contributed by atoms with Gasteiger partial charge in [0.25, 0.3) is 0 Å². The van der Waals surface area contributed by atoms with Crippen molar-refractivity contribution in [1.82, 2.24) is 4.98 Å². The summed E-state index contributed by atoms with van der Waals surface area (Å²) in [5, 5.41) is 0.409. The summed E-state index contributed by atoms with van der Waals surface area (Å²) in [6.07, 6.45) is 0. The molecule has 0 spiro atoms. The number of aromatic nitrogens is 1. The van der Waals surface area contributed by atoms with Crippen molar-refractivity contribution in [3.05, 3.63) is 28.0 Å². The predicted octanol–water partition coefficient (Wildman–Crippen LogP) is 2.58. The molecule has 1 rings (SSSR count). The minimum atomic E-state index is -0.604. The summed E-state index contributed by atoms with van der Waals surface area (Å²) >= 11 is 11.4. The minimum absolute atomic E-state index is 0.0191. The van der Waals surface area contributed by atoms with Crippen LogP contribution in [0.25, 0.3) is 0 Å². The van der Waals surface area contributed by atoms with Gasteiger partial charge in [0.15, 0.2) is 5.69 Å². The van der Waals surface area contributed by atoms with Crippen molar-refractivity contribution in [1.29, 1.82) is 0 Å². The second kappa shape index (κ2) is 6.68. The summed E-state index contributed by atoms with van der Waals surface area (Å²) < 4.78 is 9.91. The van der Waals surface area contributed by atoms with Gasteiger partial charge in [0.1, 0.15) is 11.8 Å². The highest BCUT2D eigenvalue weighted by molar-refractivity contribution is 6.34. The normalized spacial score (nSPS) is 10.2. The maximum atomic E-state index is 11.5. The van der Waals surface area contributed by atoms with E-state index in [-0.39, 0.29) is 22.5 Å². The van der Waals surface area contributed by atoms with E-state index in [1.165, 1.54) is 12.1 Å². The number of ether oxygens (including phenoxy) is 2. The molecular formula is C10H11Cl2NO3. The van der Waals surface area contributed by atoms with Gasteiger partial charge in [0.05, 0.1) is 11.6 Å². The summed E-state index contributed by atoms with van der Waals surface area (Å²) in [7, 11) is 0. The number of halogens is 2. The number of pyridine rings is 1. The average molecular weight is 264 g/mol. The van der Waals surface area contributed by atoms with E-state index in [0.29, 0.717) is 13.2 Å². The molecule has 88 valence electrons. The summed E-state index contributed by atoms with van der Waals surface area (Å²) in [6.45, 7) is 2.95. The molecule has 0 amide bonds. The van der Waals surface area contributed by atoms with Crippen LogP contribution in [0.4, 0.5) is 0 Å². The standard InChI is InChI=1S/C10H11Cl2NO3/c1-2-15-5-6-16-10(14)9-7(11)3-4-8(12)13-9/h3-4H,2,5-6H2,1H3.